The Kier molecular flexibility index (Phi) is 6.11. The molecule has 2 rings (SSSR count). The first-order chi connectivity index (χ1) is 10.1. The molecule has 1 aliphatic heterocycles. The second kappa shape index (κ2) is 7.84. The Hall–Kier alpha value is -1.01. The van der Waals surface area contributed by atoms with Crippen LogP contribution < -0.4 is 15.4 Å². The van der Waals surface area contributed by atoms with Crippen molar-refractivity contribution in [3.63, 3.8) is 0 Å². The van der Waals surface area contributed by atoms with Crippen molar-refractivity contribution in [1.29, 1.82) is 0 Å². The minimum atomic E-state index is -0.730. The lowest BCUT2D eigenvalue weighted by atomic mass is 10.1. The summed E-state index contributed by atoms with van der Waals surface area (Å²) in [5, 5.41) is 16.6. The highest BCUT2D eigenvalue weighted by Gasteiger charge is 2.22. The van der Waals surface area contributed by atoms with Crippen LogP contribution in [0.5, 0.6) is 5.75 Å². The van der Waals surface area contributed by atoms with Crippen molar-refractivity contribution in [3.05, 3.63) is 28.2 Å². The molecule has 1 saturated heterocycles. The van der Waals surface area contributed by atoms with E-state index in [1.165, 1.54) is 0 Å². The molecule has 0 spiro atoms. The van der Waals surface area contributed by atoms with E-state index >= 15 is 0 Å². The van der Waals surface area contributed by atoms with E-state index in [-0.39, 0.29) is 25.1 Å². The van der Waals surface area contributed by atoms with Crippen LogP contribution in [0.3, 0.4) is 0 Å². The van der Waals surface area contributed by atoms with Crippen LogP contribution >= 0.6 is 23.2 Å². The smallest absolute Gasteiger partial charge is 0.237 e. The van der Waals surface area contributed by atoms with Gasteiger partial charge in [-0.15, -0.1) is 0 Å². The van der Waals surface area contributed by atoms with Gasteiger partial charge in [0.05, 0.1) is 11.1 Å². The molecule has 0 bridgehead atoms. The molecule has 1 aliphatic rings. The largest absolute Gasteiger partial charge is 0.489 e. The number of carbonyl (C=O) groups is 1. The summed E-state index contributed by atoms with van der Waals surface area (Å²) in [4.78, 5) is 11.5. The van der Waals surface area contributed by atoms with E-state index in [1.54, 1.807) is 18.2 Å². The molecule has 21 heavy (non-hydrogen) atoms. The molecule has 0 saturated carbocycles. The number of piperidine rings is 1. The third-order valence-corrected chi connectivity index (χ3v) is 3.74. The summed E-state index contributed by atoms with van der Waals surface area (Å²) in [6.07, 6.45) is 0.991. The van der Waals surface area contributed by atoms with Gasteiger partial charge >= 0.3 is 0 Å². The lowest BCUT2D eigenvalue weighted by molar-refractivity contribution is -0.124. The fourth-order valence-electron chi connectivity index (χ4n) is 2.08. The van der Waals surface area contributed by atoms with Crippen LogP contribution in [0.15, 0.2) is 18.2 Å². The van der Waals surface area contributed by atoms with E-state index in [4.69, 9.17) is 27.9 Å². The quantitative estimate of drug-likeness (QED) is 0.740. The van der Waals surface area contributed by atoms with Crippen molar-refractivity contribution in [2.24, 2.45) is 0 Å². The lowest BCUT2D eigenvalue weighted by Crippen LogP contribution is -2.50. The van der Waals surface area contributed by atoms with Crippen LogP contribution in [-0.2, 0) is 4.79 Å². The first-order valence-electron chi connectivity index (χ1n) is 6.83. The van der Waals surface area contributed by atoms with Gasteiger partial charge < -0.3 is 20.5 Å². The summed E-state index contributed by atoms with van der Waals surface area (Å²) in [6.45, 7) is 1.09. The third kappa shape index (κ3) is 5.04. The highest BCUT2D eigenvalue weighted by Crippen LogP contribution is 2.27. The second-order valence-corrected chi connectivity index (χ2v) is 5.78. The molecule has 1 aromatic rings. The van der Waals surface area contributed by atoms with Gasteiger partial charge in [0.2, 0.25) is 5.91 Å². The molecule has 1 heterocycles. The number of amides is 1. The number of aliphatic hydroxyl groups excluding tert-OH is 1. The van der Waals surface area contributed by atoms with Gasteiger partial charge in [-0.25, -0.2) is 0 Å². The predicted molar refractivity (Wildman–Crippen MR) is 82.0 cm³/mol. The van der Waals surface area contributed by atoms with E-state index in [0.717, 1.165) is 19.4 Å². The molecule has 3 N–H and O–H groups in total. The molecule has 1 aromatic carbocycles. The first-order valence-corrected chi connectivity index (χ1v) is 7.59. The van der Waals surface area contributed by atoms with E-state index < -0.39 is 6.10 Å². The zero-order valence-corrected chi connectivity index (χ0v) is 13.0. The third-order valence-electron chi connectivity index (χ3n) is 3.21. The summed E-state index contributed by atoms with van der Waals surface area (Å²) in [7, 11) is 0. The van der Waals surface area contributed by atoms with Gasteiger partial charge in [0.25, 0.3) is 0 Å². The molecule has 2 atom stereocenters. The molecular weight excluding hydrogens is 315 g/mol. The molecule has 0 aliphatic carbocycles. The molecule has 0 aromatic heterocycles. The fourth-order valence-corrected chi connectivity index (χ4v) is 2.55. The number of aliphatic hydroxyl groups is 1. The van der Waals surface area contributed by atoms with Gasteiger partial charge in [-0.1, -0.05) is 23.2 Å². The normalized spacial score (nSPS) is 20.0. The van der Waals surface area contributed by atoms with E-state index in [1.807, 2.05) is 0 Å². The molecule has 1 fully saturated rings. The van der Waals surface area contributed by atoms with Crippen molar-refractivity contribution < 1.29 is 14.6 Å². The van der Waals surface area contributed by atoms with E-state index in [2.05, 4.69) is 10.6 Å². The Morgan fingerprint density at radius 3 is 3.00 bits per heavy atom. The van der Waals surface area contributed by atoms with Gasteiger partial charge in [-0.05, 0) is 31.0 Å². The minimum absolute atomic E-state index is 0.0184. The van der Waals surface area contributed by atoms with E-state index in [9.17, 15) is 9.90 Å². The molecular formula is C14H18Cl2N2O3. The van der Waals surface area contributed by atoms with Crippen molar-refractivity contribution in [3.8, 4) is 5.75 Å². The highest BCUT2D eigenvalue weighted by molar-refractivity contribution is 6.35. The average molecular weight is 333 g/mol. The Labute approximate surface area is 133 Å². The van der Waals surface area contributed by atoms with Crippen LogP contribution in [0, 0.1) is 0 Å². The number of nitrogens with one attached hydrogen (secondary N) is 2. The van der Waals surface area contributed by atoms with Gasteiger partial charge in [0.1, 0.15) is 18.5 Å². The maximum absolute atomic E-state index is 11.5. The summed E-state index contributed by atoms with van der Waals surface area (Å²) in [5.74, 6) is 0.450. The summed E-state index contributed by atoms with van der Waals surface area (Å²) < 4.78 is 5.44. The van der Waals surface area contributed by atoms with E-state index in [0.29, 0.717) is 15.8 Å². The standard InChI is InChI=1S/C14H18Cl2N2O3/c15-9-3-4-13(11(16)6-9)21-8-10(19)7-18-12-2-1-5-17-14(12)20/h3-4,6,10,12,18-19H,1-2,5,7-8H2,(H,17,20). The minimum Gasteiger partial charge on any atom is -0.489 e. The number of ether oxygens (including phenoxy) is 1. The van der Waals surface area contributed by atoms with Gasteiger partial charge in [-0.2, -0.15) is 0 Å². The zero-order valence-electron chi connectivity index (χ0n) is 11.4. The van der Waals surface area contributed by atoms with Crippen LogP contribution in [0.4, 0.5) is 0 Å². The Morgan fingerprint density at radius 2 is 2.29 bits per heavy atom. The van der Waals surface area contributed by atoms with Crippen LogP contribution in [0.1, 0.15) is 12.8 Å². The number of carbonyl (C=O) groups excluding carboxylic acids is 1. The molecule has 1 amide bonds. The second-order valence-electron chi connectivity index (χ2n) is 4.93. The molecule has 5 nitrogen and oxygen atoms in total. The number of rotatable bonds is 6. The number of benzene rings is 1. The van der Waals surface area contributed by atoms with Crippen molar-refractivity contribution in [1.82, 2.24) is 10.6 Å². The zero-order chi connectivity index (χ0) is 15.2. The summed E-state index contributed by atoms with van der Waals surface area (Å²) in [6, 6.07) is 4.65. The molecule has 2 unspecified atom stereocenters. The van der Waals surface area contributed by atoms with Crippen LogP contribution in [0.25, 0.3) is 0 Å². The average Bonchev–Trinajstić information content (AvgIpc) is 2.45. The number of hydrogen-bond acceptors (Lipinski definition) is 4. The monoisotopic (exact) mass is 332 g/mol. The van der Waals surface area contributed by atoms with Crippen molar-refractivity contribution >= 4 is 29.1 Å². The summed E-state index contributed by atoms with van der Waals surface area (Å²) >= 11 is 11.8. The van der Waals surface area contributed by atoms with Crippen molar-refractivity contribution in [2.75, 3.05) is 19.7 Å². The molecule has 0 radical (unpaired) electrons. The Balaban J connectivity index is 1.74. The topological polar surface area (TPSA) is 70.6 Å². The fraction of sp³-hybridized carbons (Fsp3) is 0.500. The maximum Gasteiger partial charge on any atom is 0.237 e. The maximum atomic E-state index is 11.5. The number of halogens is 2. The first kappa shape index (κ1) is 16.4. The lowest BCUT2D eigenvalue weighted by Gasteiger charge is -2.24. The highest BCUT2D eigenvalue weighted by atomic mass is 35.5. The SMILES string of the molecule is O=C1NCCCC1NCC(O)COc1ccc(Cl)cc1Cl. The van der Waals surface area contributed by atoms with Gasteiger partial charge in [0.15, 0.2) is 0 Å². The Morgan fingerprint density at radius 1 is 1.48 bits per heavy atom. The summed E-state index contributed by atoms with van der Waals surface area (Å²) in [5.41, 5.74) is 0. The van der Waals surface area contributed by atoms with Crippen LogP contribution in [-0.4, -0.2) is 42.9 Å². The molecule has 7 heteroatoms. The van der Waals surface area contributed by atoms with Gasteiger partial charge in [0, 0.05) is 18.1 Å². The Bertz CT molecular complexity index is 499. The predicted octanol–water partition coefficient (Wildman–Crippen LogP) is 1.60. The van der Waals surface area contributed by atoms with Crippen molar-refractivity contribution in [2.45, 2.75) is 25.0 Å². The van der Waals surface area contributed by atoms with Gasteiger partial charge in [-0.3, -0.25) is 4.79 Å². The van der Waals surface area contributed by atoms with Crippen LogP contribution in [0.2, 0.25) is 10.0 Å². The number of hydrogen-bond donors (Lipinski definition) is 3. The molecule has 116 valence electrons.